The number of fused-ring (bicyclic) bond motifs is 1. The molecule has 0 saturated heterocycles. The van der Waals surface area contributed by atoms with Crippen molar-refractivity contribution in [2.24, 2.45) is 0 Å². The van der Waals surface area contributed by atoms with Gasteiger partial charge < -0.3 is 5.32 Å². The van der Waals surface area contributed by atoms with Gasteiger partial charge in [0.2, 0.25) is 0 Å². The zero-order chi connectivity index (χ0) is 13.6. The van der Waals surface area contributed by atoms with Gasteiger partial charge in [0.15, 0.2) is 0 Å². The van der Waals surface area contributed by atoms with Gasteiger partial charge in [-0.25, -0.2) is 4.98 Å². The van der Waals surface area contributed by atoms with E-state index in [0.717, 1.165) is 31.8 Å². The van der Waals surface area contributed by atoms with Crippen LogP contribution in [0.3, 0.4) is 0 Å². The highest BCUT2D eigenvalue weighted by molar-refractivity contribution is 5.81. The number of hydrogen-bond acceptors (Lipinski definition) is 4. The van der Waals surface area contributed by atoms with E-state index < -0.39 is 0 Å². The number of pyridine rings is 1. The minimum atomic E-state index is 0.884. The van der Waals surface area contributed by atoms with Crippen LogP contribution in [0.25, 0.3) is 10.8 Å². The maximum atomic E-state index is 4.12. The summed E-state index contributed by atoms with van der Waals surface area (Å²) >= 11 is 0. The molecule has 3 rings (SSSR count). The molecule has 0 aliphatic carbocycles. The number of H-pyrrole nitrogens is 1. The van der Waals surface area contributed by atoms with Crippen molar-refractivity contribution in [2.75, 3.05) is 6.54 Å². The summed E-state index contributed by atoms with van der Waals surface area (Å²) in [5, 5.41) is 12.6. The van der Waals surface area contributed by atoms with E-state index in [2.05, 4.69) is 43.7 Å². The molecule has 1 aromatic carbocycles. The zero-order valence-electron chi connectivity index (χ0n) is 11.2. The Labute approximate surface area is 117 Å². The number of rotatable bonds is 6. The summed E-state index contributed by atoms with van der Waals surface area (Å²) in [4.78, 5) is 8.23. The lowest BCUT2D eigenvalue weighted by molar-refractivity contribution is 0.640. The average molecular weight is 267 g/mol. The molecular weight excluding hydrogens is 250 g/mol. The first kappa shape index (κ1) is 12.7. The number of hydrogen-bond donors (Lipinski definition) is 2. The van der Waals surface area contributed by atoms with Gasteiger partial charge in [0.05, 0.1) is 0 Å². The van der Waals surface area contributed by atoms with Crippen LogP contribution in [0.15, 0.2) is 43.0 Å². The molecule has 0 atom stereocenters. The largest absolute Gasteiger partial charge is 0.313 e. The van der Waals surface area contributed by atoms with Crippen LogP contribution in [-0.2, 0) is 13.0 Å². The van der Waals surface area contributed by atoms with Crippen molar-refractivity contribution in [3.63, 3.8) is 0 Å². The molecule has 0 amide bonds. The second-order valence-corrected chi connectivity index (χ2v) is 4.77. The first-order valence-corrected chi connectivity index (χ1v) is 6.79. The number of benzene rings is 1. The standard InChI is InChI=1S/C15H17N5/c1(2-15-18-11-19-20-15)6-16-9-12-3-4-14-10-17-7-5-13(14)8-12/h3-5,7-8,10-11,16H,1-2,6,9H2,(H,18,19,20). The second kappa shape index (κ2) is 6.25. The molecule has 2 N–H and O–H groups in total. The third-order valence-electron chi connectivity index (χ3n) is 3.27. The van der Waals surface area contributed by atoms with Gasteiger partial charge in [0.25, 0.3) is 0 Å². The third kappa shape index (κ3) is 3.19. The van der Waals surface area contributed by atoms with Crippen molar-refractivity contribution < 1.29 is 0 Å². The van der Waals surface area contributed by atoms with Crippen LogP contribution in [0, 0.1) is 0 Å². The Kier molecular flexibility index (Phi) is 3.99. The highest BCUT2D eigenvalue weighted by atomic mass is 15.2. The maximum Gasteiger partial charge on any atom is 0.137 e. The van der Waals surface area contributed by atoms with E-state index in [-0.39, 0.29) is 0 Å². The maximum absolute atomic E-state index is 4.12. The lowest BCUT2D eigenvalue weighted by Gasteiger charge is -2.05. The minimum Gasteiger partial charge on any atom is -0.313 e. The summed E-state index contributed by atoms with van der Waals surface area (Å²) in [6.07, 6.45) is 7.25. The quantitative estimate of drug-likeness (QED) is 0.671. The van der Waals surface area contributed by atoms with Gasteiger partial charge in [-0.05, 0) is 36.0 Å². The molecule has 0 unspecified atom stereocenters. The topological polar surface area (TPSA) is 66.5 Å². The first-order valence-electron chi connectivity index (χ1n) is 6.79. The highest BCUT2D eigenvalue weighted by Gasteiger charge is 1.98. The van der Waals surface area contributed by atoms with E-state index in [0.29, 0.717) is 0 Å². The summed E-state index contributed by atoms with van der Waals surface area (Å²) < 4.78 is 0. The number of nitrogens with zero attached hydrogens (tertiary/aromatic N) is 3. The van der Waals surface area contributed by atoms with Crippen LogP contribution in [0.5, 0.6) is 0 Å². The third-order valence-corrected chi connectivity index (χ3v) is 3.27. The molecule has 0 bridgehead atoms. The second-order valence-electron chi connectivity index (χ2n) is 4.77. The summed E-state index contributed by atoms with van der Waals surface area (Å²) in [6, 6.07) is 8.52. The Morgan fingerprint density at radius 1 is 1.15 bits per heavy atom. The summed E-state index contributed by atoms with van der Waals surface area (Å²) in [7, 11) is 0. The van der Waals surface area contributed by atoms with E-state index in [9.17, 15) is 0 Å². The highest BCUT2D eigenvalue weighted by Crippen LogP contribution is 2.14. The molecule has 102 valence electrons. The molecule has 0 aliphatic heterocycles. The van der Waals surface area contributed by atoms with Gasteiger partial charge >= 0.3 is 0 Å². The van der Waals surface area contributed by atoms with Crippen LogP contribution in [0.2, 0.25) is 0 Å². The Morgan fingerprint density at radius 3 is 3.05 bits per heavy atom. The Balaban J connectivity index is 1.47. The van der Waals surface area contributed by atoms with Gasteiger partial charge in [0.1, 0.15) is 12.2 Å². The van der Waals surface area contributed by atoms with Gasteiger partial charge in [-0.1, -0.05) is 12.1 Å². The number of aromatic amines is 1. The normalized spacial score (nSPS) is 11.0. The molecule has 0 fully saturated rings. The fraction of sp³-hybridized carbons (Fsp3) is 0.267. The Bertz CT molecular complexity index is 663. The smallest absolute Gasteiger partial charge is 0.137 e. The lowest BCUT2D eigenvalue weighted by Crippen LogP contribution is -2.15. The summed E-state index contributed by atoms with van der Waals surface area (Å²) in [5.74, 6) is 0.949. The molecule has 0 aliphatic rings. The van der Waals surface area contributed by atoms with Crippen molar-refractivity contribution >= 4 is 10.8 Å². The molecule has 20 heavy (non-hydrogen) atoms. The molecule has 2 aromatic heterocycles. The van der Waals surface area contributed by atoms with Crippen molar-refractivity contribution in [1.82, 2.24) is 25.5 Å². The molecule has 0 radical (unpaired) electrons. The summed E-state index contributed by atoms with van der Waals surface area (Å²) in [5.41, 5.74) is 1.29. The molecule has 0 saturated carbocycles. The predicted molar refractivity (Wildman–Crippen MR) is 78.2 cm³/mol. The molecule has 3 aromatic rings. The van der Waals surface area contributed by atoms with Crippen LogP contribution in [-0.4, -0.2) is 26.7 Å². The van der Waals surface area contributed by atoms with Crippen molar-refractivity contribution in [1.29, 1.82) is 0 Å². The van der Waals surface area contributed by atoms with Crippen LogP contribution >= 0.6 is 0 Å². The van der Waals surface area contributed by atoms with Crippen molar-refractivity contribution in [3.05, 3.63) is 54.4 Å². The van der Waals surface area contributed by atoms with Gasteiger partial charge in [-0.15, -0.1) is 0 Å². The Hall–Kier alpha value is -2.27. The molecule has 0 spiro atoms. The van der Waals surface area contributed by atoms with Crippen molar-refractivity contribution in [2.45, 2.75) is 19.4 Å². The lowest BCUT2D eigenvalue weighted by atomic mass is 10.1. The fourth-order valence-corrected chi connectivity index (χ4v) is 2.21. The Morgan fingerprint density at radius 2 is 2.15 bits per heavy atom. The molecule has 2 heterocycles. The minimum absolute atomic E-state index is 0.884. The van der Waals surface area contributed by atoms with E-state index in [1.807, 2.05) is 18.5 Å². The number of aromatic nitrogens is 4. The molecular formula is C15H17N5. The molecule has 5 nitrogen and oxygen atoms in total. The summed E-state index contributed by atoms with van der Waals surface area (Å²) in [6.45, 7) is 1.85. The van der Waals surface area contributed by atoms with E-state index in [4.69, 9.17) is 0 Å². The van der Waals surface area contributed by atoms with E-state index in [1.165, 1.54) is 16.3 Å². The first-order chi connectivity index (χ1) is 9.92. The van der Waals surface area contributed by atoms with Crippen LogP contribution in [0.4, 0.5) is 0 Å². The fourth-order valence-electron chi connectivity index (χ4n) is 2.21. The van der Waals surface area contributed by atoms with E-state index in [1.54, 1.807) is 6.33 Å². The molecule has 5 heteroatoms. The number of nitrogens with one attached hydrogen (secondary N) is 2. The number of aryl methyl sites for hydroxylation is 1. The van der Waals surface area contributed by atoms with E-state index >= 15 is 0 Å². The van der Waals surface area contributed by atoms with Gasteiger partial charge in [0, 0.05) is 30.7 Å². The zero-order valence-corrected chi connectivity index (χ0v) is 11.2. The SMILES string of the molecule is c1cc2cc(CNCCCc3ncn[nH]3)ccc2cn1. The van der Waals surface area contributed by atoms with Crippen molar-refractivity contribution in [3.8, 4) is 0 Å². The predicted octanol–water partition coefficient (Wildman–Crippen LogP) is 2.08. The van der Waals surface area contributed by atoms with Gasteiger partial charge in [-0.3, -0.25) is 10.1 Å². The van der Waals surface area contributed by atoms with Crippen LogP contribution in [0.1, 0.15) is 17.8 Å². The van der Waals surface area contributed by atoms with Gasteiger partial charge in [-0.2, -0.15) is 5.10 Å². The van der Waals surface area contributed by atoms with Crippen LogP contribution < -0.4 is 5.32 Å². The monoisotopic (exact) mass is 267 g/mol. The average Bonchev–Trinajstić information content (AvgIpc) is 3.00.